The Morgan fingerprint density at radius 1 is 1.29 bits per heavy atom. The molecular formula is C14H17N5O2. The summed E-state index contributed by atoms with van der Waals surface area (Å²) in [4.78, 5) is 24.6. The lowest BCUT2D eigenvalue weighted by atomic mass is 10.1. The van der Waals surface area contributed by atoms with Crippen molar-refractivity contribution in [3.63, 3.8) is 0 Å². The lowest BCUT2D eigenvalue weighted by molar-refractivity contribution is -0.131. The number of carbonyl (C=O) groups is 2. The number of nitrogens with zero attached hydrogens (tertiary/aromatic N) is 3. The SMILES string of the molecule is CN(Cc1ccc(C(N)=O)cc1)C(=O)Cn1cc(N)cn1. The van der Waals surface area contributed by atoms with Gasteiger partial charge in [0.15, 0.2) is 0 Å². The number of aromatic nitrogens is 2. The Labute approximate surface area is 122 Å². The third-order valence-electron chi connectivity index (χ3n) is 3.03. The van der Waals surface area contributed by atoms with Gasteiger partial charge in [-0.05, 0) is 17.7 Å². The number of amides is 2. The first kappa shape index (κ1) is 14.6. The molecule has 0 aliphatic rings. The summed E-state index contributed by atoms with van der Waals surface area (Å²) >= 11 is 0. The molecule has 1 aromatic heterocycles. The van der Waals surface area contributed by atoms with Crippen molar-refractivity contribution in [3.8, 4) is 0 Å². The van der Waals surface area contributed by atoms with Crippen molar-refractivity contribution in [3.05, 3.63) is 47.8 Å². The quantitative estimate of drug-likeness (QED) is 0.820. The number of carbonyl (C=O) groups excluding carboxylic acids is 2. The van der Waals surface area contributed by atoms with Crippen LogP contribution in [-0.4, -0.2) is 33.5 Å². The van der Waals surface area contributed by atoms with Gasteiger partial charge in [-0.1, -0.05) is 12.1 Å². The molecule has 2 aromatic rings. The summed E-state index contributed by atoms with van der Waals surface area (Å²) in [6.07, 6.45) is 3.10. The minimum Gasteiger partial charge on any atom is -0.396 e. The maximum atomic E-state index is 12.1. The molecule has 0 aliphatic heterocycles. The second kappa shape index (κ2) is 6.08. The number of likely N-dealkylation sites (N-methyl/N-ethyl adjacent to an activating group) is 1. The third-order valence-corrected chi connectivity index (χ3v) is 3.03. The Morgan fingerprint density at radius 2 is 1.95 bits per heavy atom. The molecule has 0 saturated heterocycles. The zero-order valence-corrected chi connectivity index (χ0v) is 11.7. The highest BCUT2D eigenvalue weighted by Gasteiger charge is 2.11. The molecule has 1 aromatic carbocycles. The normalized spacial score (nSPS) is 10.3. The highest BCUT2D eigenvalue weighted by Crippen LogP contribution is 2.07. The third kappa shape index (κ3) is 3.82. The van der Waals surface area contributed by atoms with Crippen LogP contribution in [0.1, 0.15) is 15.9 Å². The van der Waals surface area contributed by atoms with Gasteiger partial charge in [0.25, 0.3) is 0 Å². The predicted molar refractivity (Wildman–Crippen MR) is 78.1 cm³/mol. The van der Waals surface area contributed by atoms with Crippen LogP contribution in [0.3, 0.4) is 0 Å². The van der Waals surface area contributed by atoms with Crippen molar-refractivity contribution in [2.75, 3.05) is 12.8 Å². The van der Waals surface area contributed by atoms with Gasteiger partial charge in [-0.3, -0.25) is 14.3 Å². The summed E-state index contributed by atoms with van der Waals surface area (Å²) in [7, 11) is 1.71. The summed E-state index contributed by atoms with van der Waals surface area (Å²) in [6.45, 7) is 0.571. The summed E-state index contributed by atoms with van der Waals surface area (Å²) in [5, 5.41) is 3.97. The molecule has 110 valence electrons. The van der Waals surface area contributed by atoms with Crippen LogP contribution in [0, 0.1) is 0 Å². The van der Waals surface area contributed by atoms with Crippen molar-refractivity contribution in [2.24, 2.45) is 5.73 Å². The van der Waals surface area contributed by atoms with E-state index < -0.39 is 5.91 Å². The summed E-state index contributed by atoms with van der Waals surface area (Å²) < 4.78 is 1.49. The number of nitrogen functional groups attached to an aromatic ring is 1. The Balaban J connectivity index is 1.95. The minimum atomic E-state index is -0.470. The average Bonchev–Trinajstić information content (AvgIpc) is 2.84. The Bertz CT molecular complexity index is 648. The summed E-state index contributed by atoms with van der Waals surface area (Å²) in [6, 6.07) is 6.83. The van der Waals surface area contributed by atoms with Gasteiger partial charge in [-0.25, -0.2) is 0 Å². The van der Waals surface area contributed by atoms with Crippen molar-refractivity contribution in [1.82, 2.24) is 14.7 Å². The van der Waals surface area contributed by atoms with E-state index in [0.29, 0.717) is 17.8 Å². The molecule has 0 unspecified atom stereocenters. The topological polar surface area (TPSA) is 107 Å². The second-order valence-corrected chi connectivity index (χ2v) is 4.78. The number of benzene rings is 1. The van der Waals surface area contributed by atoms with Gasteiger partial charge in [0.1, 0.15) is 6.54 Å². The van der Waals surface area contributed by atoms with Crippen LogP contribution in [0.25, 0.3) is 0 Å². The number of nitrogens with two attached hydrogens (primary N) is 2. The largest absolute Gasteiger partial charge is 0.396 e. The molecule has 21 heavy (non-hydrogen) atoms. The molecule has 2 amide bonds. The molecule has 0 bridgehead atoms. The van der Waals surface area contributed by atoms with Gasteiger partial charge in [0.05, 0.1) is 11.9 Å². The predicted octanol–water partition coefficient (Wildman–Crippen LogP) is 0.223. The van der Waals surface area contributed by atoms with Crippen molar-refractivity contribution in [1.29, 1.82) is 0 Å². The van der Waals surface area contributed by atoms with Crippen LogP contribution in [-0.2, 0) is 17.9 Å². The Hall–Kier alpha value is -2.83. The van der Waals surface area contributed by atoms with Crippen LogP contribution >= 0.6 is 0 Å². The lowest BCUT2D eigenvalue weighted by Crippen LogP contribution is -2.30. The van der Waals surface area contributed by atoms with Gasteiger partial charge in [-0.15, -0.1) is 0 Å². The maximum absolute atomic E-state index is 12.1. The zero-order chi connectivity index (χ0) is 15.4. The van der Waals surface area contributed by atoms with E-state index in [9.17, 15) is 9.59 Å². The Kier molecular flexibility index (Phi) is 4.22. The zero-order valence-electron chi connectivity index (χ0n) is 11.7. The van der Waals surface area contributed by atoms with E-state index in [2.05, 4.69) is 5.10 Å². The maximum Gasteiger partial charge on any atom is 0.248 e. The molecule has 0 aliphatic carbocycles. The van der Waals surface area contributed by atoms with Gasteiger partial charge >= 0.3 is 0 Å². The summed E-state index contributed by atoms with van der Waals surface area (Å²) in [5.41, 5.74) is 12.6. The van der Waals surface area contributed by atoms with Crippen LogP contribution < -0.4 is 11.5 Å². The van der Waals surface area contributed by atoms with E-state index in [4.69, 9.17) is 11.5 Å². The van der Waals surface area contributed by atoms with Gasteiger partial charge in [0, 0.05) is 25.4 Å². The van der Waals surface area contributed by atoms with E-state index in [-0.39, 0.29) is 12.5 Å². The Morgan fingerprint density at radius 3 is 2.48 bits per heavy atom. The fourth-order valence-electron chi connectivity index (χ4n) is 1.86. The fraction of sp³-hybridized carbons (Fsp3) is 0.214. The number of rotatable bonds is 5. The first-order chi connectivity index (χ1) is 9.95. The molecule has 0 saturated carbocycles. The van der Waals surface area contributed by atoms with Gasteiger partial charge in [-0.2, -0.15) is 5.10 Å². The molecule has 0 spiro atoms. The molecule has 7 nitrogen and oxygen atoms in total. The van der Waals surface area contributed by atoms with Crippen LogP contribution in [0.2, 0.25) is 0 Å². The first-order valence-electron chi connectivity index (χ1n) is 6.36. The van der Waals surface area contributed by atoms with Crippen molar-refractivity contribution < 1.29 is 9.59 Å². The van der Waals surface area contributed by atoms with Gasteiger partial charge in [0.2, 0.25) is 11.8 Å². The van der Waals surface area contributed by atoms with Crippen LogP contribution in [0.5, 0.6) is 0 Å². The van der Waals surface area contributed by atoms with E-state index in [1.807, 2.05) is 0 Å². The molecule has 0 radical (unpaired) electrons. The standard InChI is InChI=1S/C14H17N5O2/c1-18(13(20)9-19-8-12(15)6-17-19)7-10-2-4-11(5-3-10)14(16)21/h2-6,8H,7,9,15H2,1H3,(H2,16,21). The smallest absolute Gasteiger partial charge is 0.248 e. The van der Waals surface area contributed by atoms with E-state index in [1.54, 1.807) is 42.4 Å². The molecule has 7 heteroatoms. The molecular weight excluding hydrogens is 270 g/mol. The molecule has 4 N–H and O–H groups in total. The van der Waals surface area contributed by atoms with Crippen molar-refractivity contribution >= 4 is 17.5 Å². The lowest BCUT2D eigenvalue weighted by Gasteiger charge is -2.17. The minimum absolute atomic E-state index is 0.0860. The van der Waals surface area contributed by atoms with Gasteiger partial charge < -0.3 is 16.4 Å². The van der Waals surface area contributed by atoms with E-state index >= 15 is 0 Å². The highest BCUT2D eigenvalue weighted by molar-refractivity contribution is 5.92. The number of hydrogen-bond donors (Lipinski definition) is 2. The van der Waals surface area contributed by atoms with Crippen LogP contribution in [0.4, 0.5) is 5.69 Å². The molecule has 0 fully saturated rings. The van der Waals surface area contributed by atoms with Crippen molar-refractivity contribution in [2.45, 2.75) is 13.1 Å². The second-order valence-electron chi connectivity index (χ2n) is 4.78. The van der Waals surface area contributed by atoms with E-state index in [0.717, 1.165) is 5.56 Å². The van der Waals surface area contributed by atoms with Crippen LogP contribution in [0.15, 0.2) is 36.7 Å². The number of hydrogen-bond acceptors (Lipinski definition) is 4. The first-order valence-corrected chi connectivity index (χ1v) is 6.36. The average molecular weight is 287 g/mol. The fourth-order valence-corrected chi connectivity index (χ4v) is 1.86. The molecule has 0 atom stereocenters. The number of primary amides is 1. The highest BCUT2D eigenvalue weighted by atomic mass is 16.2. The summed E-state index contributed by atoms with van der Waals surface area (Å²) in [5.74, 6) is -0.556. The number of anilines is 1. The molecule has 2 rings (SSSR count). The molecule has 1 heterocycles. The van der Waals surface area contributed by atoms with E-state index in [1.165, 1.54) is 10.9 Å². The monoisotopic (exact) mass is 287 g/mol.